The molecule has 88 valence electrons. The van der Waals surface area contributed by atoms with Crippen LogP contribution in [0.5, 0.6) is 0 Å². The number of piperidine rings is 1. The Balaban J connectivity index is 2.16. The van der Waals surface area contributed by atoms with Gasteiger partial charge in [-0.05, 0) is 18.9 Å². The van der Waals surface area contributed by atoms with Gasteiger partial charge in [-0.3, -0.25) is 0 Å². The van der Waals surface area contributed by atoms with Crippen LogP contribution in [0.25, 0.3) is 0 Å². The van der Waals surface area contributed by atoms with E-state index in [1.807, 2.05) is 25.1 Å². The molecule has 0 aliphatic carbocycles. The molecule has 1 aromatic rings. The normalized spacial score (nSPS) is 20.9. The Morgan fingerprint density at radius 1 is 1.50 bits per heavy atom. The SMILES string of the molecule is CN(C)c1nccc(N2CCCC(N)C2)n1. The van der Waals surface area contributed by atoms with Crippen LogP contribution in [0.2, 0.25) is 0 Å². The van der Waals surface area contributed by atoms with Crippen molar-refractivity contribution in [1.29, 1.82) is 0 Å². The molecule has 0 saturated carbocycles. The first-order valence-electron chi connectivity index (χ1n) is 5.67. The van der Waals surface area contributed by atoms with Crippen LogP contribution in [0.15, 0.2) is 12.3 Å². The summed E-state index contributed by atoms with van der Waals surface area (Å²) in [5, 5.41) is 0. The number of nitrogens with zero attached hydrogens (tertiary/aromatic N) is 4. The topological polar surface area (TPSA) is 58.3 Å². The van der Waals surface area contributed by atoms with E-state index in [4.69, 9.17) is 5.73 Å². The van der Waals surface area contributed by atoms with Gasteiger partial charge in [-0.15, -0.1) is 0 Å². The first kappa shape index (κ1) is 11.1. The number of rotatable bonds is 2. The quantitative estimate of drug-likeness (QED) is 0.786. The Morgan fingerprint density at radius 2 is 2.31 bits per heavy atom. The molecular weight excluding hydrogens is 202 g/mol. The van der Waals surface area contributed by atoms with E-state index in [1.54, 1.807) is 6.20 Å². The Morgan fingerprint density at radius 3 is 3.00 bits per heavy atom. The van der Waals surface area contributed by atoms with Crippen LogP contribution in [0, 0.1) is 0 Å². The lowest BCUT2D eigenvalue weighted by atomic mass is 10.1. The second kappa shape index (κ2) is 4.65. The lowest BCUT2D eigenvalue weighted by molar-refractivity contribution is 0.503. The molecule has 1 aliphatic rings. The third-order valence-corrected chi connectivity index (χ3v) is 2.81. The molecule has 2 heterocycles. The van der Waals surface area contributed by atoms with Crippen molar-refractivity contribution in [1.82, 2.24) is 9.97 Å². The Bertz CT molecular complexity index is 352. The molecule has 5 heteroatoms. The molecule has 0 bridgehead atoms. The minimum atomic E-state index is 0.270. The molecule has 1 saturated heterocycles. The zero-order chi connectivity index (χ0) is 11.5. The largest absolute Gasteiger partial charge is 0.355 e. The number of hydrogen-bond donors (Lipinski definition) is 1. The molecular formula is C11H19N5. The molecule has 1 fully saturated rings. The Labute approximate surface area is 96.3 Å². The van der Waals surface area contributed by atoms with E-state index in [0.29, 0.717) is 0 Å². The first-order chi connectivity index (χ1) is 7.66. The summed E-state index contributed by atoms with van der Waals surface area (Å²) in [5.41, 5.74) is 5.96. The second-order valence-electron chi connectivity index (χ2n) is 4.46. The van der Waals surface area contributed by atoms with Crippen molar-refractivity contribution < 1.29 is 0 Å². The van der Waals surface area contributed by atoms with Crippen molar-refractivity contribution in [3.05, 3.63) is 12.3 Å². The van der Waals surface area contributed by atoms with Gasteiger partial charge in [0.25, 0.3) is 0 Å². The van der Waals surface area contributed by atoms with Crippen LogP contribution < -0.4 is 15.5 Å². The van der Waals surface area contributed by atoms with Gasteiger partial charge in [0.1, 0.15) is 5.82 Å². The van der Waals surface area contributed by atoms with E-state index in [1.165, 1.54) is 0 Å². The average molecular weight is 221 g/mol. The van der Waals surface area contributed by atoms with Gasteiger partial charge in [0.05, 0.1) is 0 Å². The Kier molecular flexibility index (Phi) is 3.24. The second-order valence-corrected chi connectivity index (χ2v) is 4.46. The summed E-state index contributed by atoms with van der Waals surface area (Å²) in [6.45, 7) is 1.93. The summed E-state index contributed by atoms with van der Waals surface area (Å²) < 4.78 is 0. The number of aromatic nitrogens is 2. The maximum absolute atomic E-state index is 5.96. The van der Waals surface area contributed by atoms with E-state index in [9.17, 15) is 0 Å². The van der Waals surface area contributed by atoms with Gasteiger partial charge in [-0.25, -0.2) is 4.98 Å². The van der Waals surface area contributed by atoms with Crippen molar-refractivity contribution >= 4 is 11.8 Å². The molecule has 2 rings (SSSR count). The van der Waals surface area contributed by atoms with Crippen molar-refractivity contribution in [3.63, 3.8) is 0 Å². The van der Waals surface area contributed by atoms with E-state index in [-0.39, 0.29) is 6.04 Å². The van der Waals surface area contributed by atoms with Crippen LogP contribution in [0.4, 0.5) is 11.8 Å². The van der Waals surface area contributed by atoms with Crippen LogP contribution >= 0.6 is 0 Å². The van der Waals surface area contributed by atoms with Crippen molar-refractivity contribution in [2.75, 3.05) is 37.0 Å². The lowest BCUT2D eigenvalue weighted by Crippen LogP contribution is -2.43. The molecule has 0 radical (unpaired) electrons. The van der Waals surface area contributed by atoms with Gasteiger partial charge in [-0.2, -0.15) is 4.98 Å². The zero-order valence-electron chi connectivity index (χ0n) is 9.93. The molecule has 0 spiro atoms. The first-order valence-corrected chi connectivity index (χ1v) is 5.67. The van der Waals surface area contributed by atoms with Gasteiger partial charge in [0.15, 0.2) is 0 Å². The average Bonchev–Trinajstić information content (AvgIpc) is 2.29. The van der Waals surface area contributed by atoms with Gasteiger partial charge < -0.3 is 15.5 Å². The molecule has 0 amide bonds. The smallest absolute Gasteiger partial charge is 0.226 e. The van der Waals surface area contributed by atoms with Gasteiger partial charge >= 0.3 is 0 Å². The molecule has 5 nitrogen and oxygen atoms in total. The fourth-order valence-electron chi connectivity index (χ4n) is 1.95. The number of anilines is 2. The molecule has 1 aliphatic heterocycles. The molecule has 2 N–H and O–H groups in total. The van der Waals surface area contributed by atoms with Gasteiger partial charge in [0, 0.05) is 39.4 Å². The zero-order valence-corrected chi connectivity index (χ0v) is 9.93. The Hall–Kier alpha value is -1.36. The molecule has 1 atom stereocenters. The molecule has 16 heavy (non-hydrogen) atoms. The fourth-order valence-corrected chi connectivity index (χ4v) is 1.95. The highest BCUT2D eigenvalue weighted by molar-refractivity contribution is 5.43. The van der Waals surface area contributed by atoms with Crippen molar-refractivity contribution in [2.45, 2.75) is 18.9 Å². The predicted molar refractivity (Wildman–Crippen MR) is 65.8 cm³/mol. The standard InChI is InChI=1S/C11H19N5/c1-15(2)11-13-6-5-10(14-11)16-7-3-4-9(12)8-16/h5-6,9H,3-4,7-8,12H2,1-2H3. The summed E-state index contributed by atoms with van der Waals surface area (Å²) in [5.74, 6) is 1.73. The summed E-state index contributed by atoms with van der Waals surface area (Å²) in [4.78, 5) is 12.9. The van der Waals surface area contributed by atoms with Crippen LogP contribution in [-0.2, 0) is 0 Å². The van der Waals surface area contributed by atoms with Gasteiger partial charge in [-0.1, -0.05) is 0 Å². The highest BCUT2D eigenvalue weighted by Gasteiger charge is 2.18. The highest BCUT2D eigenvalue weighted by atomic mass is 15.3. The van der Waals surface area contributed by atoms with Crippen LogP contribution in [-0.4, -0.2) is 43.2 Å². The molecule has 1 unspecified atom stereocenters. The summed E-state index contributed by atoms with van der Waals surface area (Å²) >= 11 is 0. The third-order valence-electron chi connectivity index (χ3n) is 2.81. The highest BCUT2D eigenvalue weighted by Crippen LogP contribution is 2.18. The van der Waals surface area contributed by atoms with Crippen LogP contribution in [0.1, 0.15) is 12.8 Å². The maximum atomic E-state index is 5.96. The molecule has 0 aromatic carbocycles. The summed E-state index contributed by atoms with van der Waals surface area (Å²) in [6, 6.07) is 2.22. The third kappa shape index (κ3) is 2.41. The maximum Gasteiger partial charge on any atom is 0.226 e. The van der Waals surface area contributed by atoms with Crippen molar-refractivity contribution in [2.24, 2.45) is 5.73 Å². The fraction of sp³-hybridized carbons (Fsp3) is 0.636. The molecule has 1 aromatic heterocycles. The van der Waals surface area contributed by atoms with Crippen LogP contribution in [0.3, 0.4) is 0 Å². The van der Waals surface area contributed by atoms with Crippen molar-refractivity contribution in [3.8, 4) is 0 Å². The summed E-state index contributed by atoms with van der Waals surface area (Å²) in [6.07, 6.45) is 4.06. The minimum absolute atomic E-state index is 0.270. The summed E-state index contributed by atoms with van der Waals surface area (Å²) in [7, 11) is 3.89. The van der Waals surface area contributed by atoms with E-state index < -0.39 is 0 Å². The minimum Gasteiger partial charge on any atom is -0.355 e. The van der Waals surface area contributed by atoms with Gasteiger partial charge in [0.2, 0.25) is 5.95 Å². The number of hydrogen-bond acceptors (Lipinski definition) is 5. The predicted octanol–water partition coefficient (Wildman–Crippen LogP) is 0.470. The van der Waals surface area contributed by atoms with E-state index in [2.05, 4.69) is 14.9 Å². The van der Waals surface area contributed by atoms with E-state index in [0.717, 1.165) is 37.7 Å². The number of nitrogens with two attached hydrogens (primary N) is 1. The lowest BCUT2D eigenvalue weighted by Gasteiger charge is -2.31. The van der Waals surface area contributed by atoms with E-state index >= 15 is 0 Å². The monoisotopic (exact) mass is 221 g/mol.